The second-order valence-corrected chi connectivity index (χ2v) is 5.82. The van der Waals surface area contributed by atoms with Crippen molar-refractivity contribution in [2.45, 2.75) is 20.5 Å². The molecule has 0 aliphatic heterocycles. The van der Waals surface area contributed by atoms with Gasteiger partial charge < -0.3 is 24.6 Å². The van der Waals surface area contributed by atoms with Gasteiger partial charge in [0.2, 0.25) is 0 Å². The fraction of sp³-hybridized carbons (Fsp3) is 0.263. The Hall–Kier alpha value is -3.36. The SMILES string of the molecule is COc1ccc(OC(F)F)c(NC(=O)c2cc(C)c(OCC(=O)O)c(C)c2)c1. The second-order valence-electron chi connectivity index (χ2n) is 5.82. The van der Waals surface area contributed by atoms with E-state index in [1.807, 2.05) is 0 Å². The van der Waals surface area contributed by atoms with Gasteiger partial charge in [0.05, 0.1) is 12.8 Å². The fourth-order valence-corrected chi connectivity index (χ4v) is 2.57. The van der Waals surface area contributed by atoms with E-state index < -0.39 is 25.1 Å². The normalized spacial score (nSPS) is 10.5. The summed E-state index contributed by atoms with van der Waals surface area (Å²) >= 11 is 0. The molecule has 0 aliphatic carbocycles. The zero-order valence-corrected chi connectivity index (χ0v) is 15.4. The van der Waals surface area contributed by atoms with Crippen molar-refractivity contribution in [3.05, 3.63) is 47.0 Å². The van der Waals surface area contributed by atoms with E-state index in [-0.39, 0.29) is 17.0 Å². The molecular formula is C19H19F2NO6. The number of ether oxygens (including phenoxy) is 3. The number of nitrogens with one attached hydrogen (secondary N) is 1. The first-order valence-corrected chi connectivity index (χ1v) is 8.11. The number of rotatable bonds is 8. The monoisotopic (exact) mass is 395 g/mol. The smallest absolute Gasteiger partial charge is 0.387 e. The predicted molar refractivity (Wildman–Crippen MR) is 96.6 cm³/mol. The molecule has 2 N–H and O–H groups in total. The number of alkyl halides is 2. The van der Waals surface area contributed by atoms with Crippen molar-refractivity contribution in [3.8, 4) is 17.2 Å². The third-order valence-electron chi connectivity index (χ3n) is 3.71. The van der Waals surface area contributed by atoms with Crippen LogP contribution >= 0.6 is 0 Å². The van der Waals surface area contributed by atoms with E-state index in [2.05, 4.69) is 10.1 Å². The second kappa shape index (κ2) is 9.03. The van der Waals surface area contributed by atoms with Crippen molar-refractivity contribution < 1.29 is 37.7 Å². The molecule has 7 nitrogen and oxygen atoms in total. The van der Waals surface area contributed by atoms with Crippen LogP contribution in [0.15, 0.2) is 30.3 Å². The number of halogens is 2. The highest BCUT2D eigenvalue weighted by Crippen LogP contribution is 2.31. The summed E-state index contributed by atoms with van der Waals surface area (Å²) in [6.07, 6.45) is 0. The predicted octanol–water partition coefficient (Wildman–Crippen LogP) is 3.63. The number of methoxy groups -OCH3 is 1. The number of hydrogen-bond donors (Lipinski definition) is 2. The van der Waals surface area contributed by atoms with Crippen LogP contribution in [0.2, 0.25) is 0 Å². The number of aliphatic carboxylic acids is 1. The Morgan fingerprint density at radius 1 is 1.14 bits per heavy atom. The van der Waals surface area contributed by atoms with Crippen LogP contribution in [0.25, 0.3) is 0 Å². The summed E-state index contributed by atoms with van der Waals surface area (Å²) in [6.45, 7) is -0.236. The molecule has 28 heavy (non-hydrogen) atoms. The van der Waals surface area contributed by atoms with Crippen molar-refractivity contribution in [1.29, 1.82) is 0 Å². The minimum absolute atomic E-state index is 0.0196. The standard InChI is InChI=1S/C19H19F2NO6/c1-10-6-12(7-11(2)17(10)27-9-16(23)24)18(25)22-14-8-13(26-3)4-5-15(14)28-19(20)21/h4-8,19H,9H2,1-3H3,(H,22,25)(H,23,24). The first-order valence-electron chi connectivity index (χ1n) is 8.11. The van der Waals surface area contributed by atoms with Gasteiger partial charge in [0, 0.05) is 11.6 Å². The molecule has 0 atom stereocenters. The van der Waals surface area contributed by atoms with E-state index >= 15 is 0 Å². The summed E-state index contributed by atoms with van der Waals surface area (Å²) in [5, 5.41) is 11.2. The van der Waals surface area contributed by atoms with Crippen LogP contribution in [0.1, 0.15) is 21.5 Å². The maximum atomic E-state index is 12.6. The number of hydrogen-bond acceptors (Lipinski definition) is 5. The van der Waals surface area contributed by atoms with E-state index in [9.17, 15) is 18.4 Å². The third-order valence-corrected chi connectivity index (χ3v) is 3.71. The van der Waals surface area contributed by atoms with E-state index in [4.69, 9.17) is 14.6 Å². The number of carboxylic acid groups (broad SMARTS) is 1. The van der Waals surface area contributed by atoms with E-state index in [0.717, 1.165) is 0 Å². The number of carboxylic acids is 1. The zero-order chi connectivity index (χ0) is 20.8. The lowest BCUT2D eigenvalue weighted by molar-refractivity contribution is -0.139. The van der Waals surface area contributed by atoms with Crippen molar-refractivity contribution in [2.24, 2.45) is 0 Å². The van der Waals surface area contributed by atoms with Gasteiger partial charge in [0.25, 0.3) is 5.91 Å². The lowest BCUT2D eigenvalue weighted by Gasteiger charge is -2.15. The van der Waals surface area contributed by atoms with Crippen LogP contribution in [-0.4, -0.2) is 37.3 Å². The van der Waals surface area contributed by atoms with Gasteiger partial charge in [-0.1, -0.05) is 0 Å². The Bertz CT molecular complexity index is 862. The van der Waals surface area contributed by atoms with Crippen LogP contribution < -0.4 is 19.5 Å². The summed E-state index contributed by atoms with van der Waals surface area (Å²) in [6, 6.07) is 7.07. The van der Waals surface area contributed by atoms with Crippen LogP contribution in [0, 0.1) is 13.8 Å². The average molecular weight is 395 g/mol. The van der Waals surface area contributed by atoms with Gasteiger partial charge >= 0.3 is 12.6 Å². The molecule has 0 radical (unpaired) electrons. The molecule has 0 saturated heterocycles. The Labute approximate surface area is 159 Å². The third kappa shape index (κ3) is 5.32. The molecule has 0 saturated carbocycles. The Kier molecular flexibility index (Phi) is 6.75. The van der Waals surface area contributed by atoms with Gasteiger partial charge in [-0.25, -0.2) is 4.79 Å². The quantitative estimate of drug-likeness (QED) is 0.709. The number of amides is 1. The maximum Gasteiger partial charge on any atom is 0.387 e. The molecule has 2 rings (SSSR count). The number of carbonyl (C=O) groups excluding carboxylic acids is 1. The molecule has 0 bridgehead atoms. The molecule has 1 amide bonds. The van der Waals surface area contributed by atoms with Gasteiger partial charge in [-0.3, -0.25) is 4.79 Å². The molecule has 0 spiro atoms. The Balaban J connectivity index is 2.28. The van der Waals surface area contributed by atoms with Crippen LogP contribution in [0.3, 0.4) is 0 Å². The van der Waals surface area contributed by atoms with Gasteiger partial charge in [0.15, 0.2) is 6.61 Å². The highest BCUT2D eigenvalue weighted by atomic mass is 19.3. The summed E-state index contributed by atoms with van der Waals surface area (Å²) in [7, 11) is 1.40. The summed E-state index contributed by atoms with van der Waals surface area (Å²) < 4.78 is 39.9. The minimum Gasteiger partial charge on any atom is -0.497 e. The minimum atomic E-state index is -3.06. The summed E-state index contributed by atoms with van der Waals surface area (Å²) in [4.78, 5) is 23.3. The van der Waals surface area contributed by atoms with Crippen molar-refractivity contribution in [2.75, 3.05) is 19.0 Å². The molecule has 0 unspecified atom stereocenters. The van der Waals surface area contributed by atoms with Gasteiger partial charge in [-0.15, -0.1) is 0 Å². The van der Waals surface area contributed by atoms with E-state index in [1.165, 1.54) is 37.4 Å². The van der Waals surface area contributed by atoms with E-state index in [0.29, 0.717) is 22.6 Å². The molecule has 0 fully saturated rings. The molecule has 9 heteroatoms. The van der Waals surface area contributed by atoms with Gasteiger partial charge in [0.1, 0.15) is 17.2 Å². The van der Waals surface area contributed by atoms with Crippen molar-refractivity contribution >= 4 is 17.6 Å². The topological polar surface area (TPSA) is 94.1 Å². The average Bonchev–Trinajstić information content (AvgIpc) is 2.61. The van der Waals surface area contributed by atoms with Gasteiger partial charge in [-0.05, 0) is 49.2 Å². The number of carbonyl (C=O) groups is 2. The largest absolute Gasteiger partial charge is 0.497 e. The van der Waals surface area contributed by atoms with Gasteiger partial charge in [-0.2, -0.15) is 8.78 Å². The van der Waals surface area contributed by atoms with E-state index in [1.54, 1.807) is 13.8 Å². The molecule has 2 aromatic rings. The Morgan fingerprint density at radius 3 is 2.32 bits per heavy atom. The number of anilines is 1. The molecular weight excluding hydrogens is 376 g/mol. The van der Waals surface area contributed by atoms with Crippen molar-refractivity contribution in [3.63, 3.8) is 0 Å². The lowest BCUT2D eigenvalue weighted by Crippen LogP contribution is -2.15. The summed E-state index contributed by atoms with van der Waals surface area (Å²) in [5.74, 6) is -1.18. The fourth-order valence-electron chi connectivity index (χ4n) is 2.57. The van der Waals surface area contributed by atoms with Crippen molar-refractivity contribution in [1.82, 2.24) is 0 Å². The molecule has 0 aliphatic rings. The highest BCUT2D eigenvalue weighted by Gasteiger charge is 2.17. The number of aryl methyl sites for hydroxylation is 2. The summed E-state index contributed by atoms with van der Waals surface area (Å²) in [5.41, 5.74) is 1.37. The maximum absolute atomic E-state index is 12.6. The molecule has 0 heterocycles. The first-order chi connectivity index (χ1) is 13.2. The molecule has 2 aromatic carbocycles. The Morgan fingerprint density at radius 2 is 1.79 bits per heavy atom. The lowest BCUT2D eigenvalue weighted by atomic mass is 10.0. The highest BCUT2D eigenvalue weighted by molar-refractivity contribution is 6.05. The molecule has 0 aromatic heterocycles. The van der Waals surface area contributed by atoms with Crippen LogP contribution in [0.4, 0.5) is 14.5 Å². The van der Waals surface area contributed by atoms with Crippen LogP contribution in [0.5, 0.6) is 17.2 Å². The van der Waals surface area contributed by atoms with Crippen LogP contribution in [-0.2, 0) is 4.79 Å². The number of benzene rings is 2. The first kappa shape index (κ1) is 20.9. The molecule has 150 valence electrons. The zero-order valence-electron chi connectivity index (χ0n) is 15.4.